The molecule has 20 heavy (non-hydrogen) atoms. The number of hydrogen-bond acceptors (Lipinski definition) is 2. The molecule has 1 fully saturated rings. The number of fused-ring (bicyclic) bond motifs is 1. The van der Waals surface area contributed by atoms with Crippen LogP contribution in [0.3, 0.4) is 0 Å². The highest BCUT2D eigenvalue weighted by Crippen LogP contribution is 2.50. The van der Waals surface area contributed by atoms with Crippen LogP contribution in [0.25, 0.3) is 0 Å². The van der Waals surface area contributed by atoms with Gasteiger partial charge in [-0.15, -0.1) is 0 Å². The summed E-state index contributed by atoms with van der Waals surface area (Å²) in [6, 6.07) is 0. The Labute approximate surface area is 126 Å². The Morgan fingerprint density at radius 3 is 2.30 bits per heavy atom. The molecule has 2 nitrogen and oxygen atoms in total. The summed E-state index contributed by atoms with van der Waals surface area (Å²) in [7, 11) is 0. The minimum absolute atomic E-state index is 0.0513. The molecule has 1 aromatic carbocycles. The third-order valence-electron chi connectivity index (χ3n) is 5.49. The van der Waals surface area contributed by atoms with E-state index in [9.17, 15) is 5.11 Å². The van der Waals surface area contributed by atoms with Crippen molar-refractivity contribution >= 4 is 11.6 Å². The molecule has 3 N–H and O–H groups in total. The lowest BCUT2D eigenvalue weighted by atomic mass is 9.73. The highest BCUT2D eigenvalue weighted by Gasteiger charge is 2.39. The Morgan fingerprint density at radius 2 is 1.70 bits per heavy atom. The molecule has 0 bridgehead atoms. The molecule has 3 heteroatoms. The average Bonchev–Trinajstić information content (AvgIpc) is 2.95. The first-order chi connectivity index (χ1) is 9.60. The van der Waals surface area contributed by atoms with Crippen molar-refractivity contribution in [3.05, 3.63) is 27.3 Å². The van der Waals surface area contributed by atoms with Crippen molar-refractivity contribution in [3.63, 3.8) is 0 Å². The third kappa shape index (κ3) is 1.96. The molecule has 0 heterocycles. The number of halogens is 1. The molecule has 0 aromatic heterocycles. The van der Waals surface area contributed by atoms with E-state index in [0.717, 1.165) is 31.2 Å². The molecule has 110 valence electrons. The first kappa shape index (κ1) is 14.2. The smallest absolute Gasteiger partial charge is 0.138 e. The average molecular weight is 294 g/mol. The number of nitrogens with two attached hydrogens (primary N) is 1. The molecule has 0 amide bonds. The Hall–Kier alpha value is -0.730. The lowest BCUT2D eigenvalue weighted by molar-refractivity contribution is 0.401. The fourth-order valence-corrected chi connectivity index (χ4v) is 4.70. The lowest BCUT2D eigenvalue weighted by Crippen LogP contribution is -2.33. The molecule has 0 atom stereocenters. The lowest BCUT2D eigenvalue weighted by Gasteiger charge is -2.34. The summed E-state index contributed by atoms with van der Waals surface area (Å²) in [5, 5.41) is 11.3. The summed E-state index contributed by atoms with van der Waals surface area (Å²) in [6.07, 6.45) is 9.04. The van der Waals surface area contributed by atoms with Crippen LogP contribution in [-0.4, -0.2) is 11.7 Å². The van der Waals surface area contributed by atoms with Crippen LogP contribution in [0.2, 0.25) is 5.02 Å². The van der Waals surface area contributed by atoms with Gasteiger partial charge in [0.15, 0.2) is 0 Å². The van der Waals surface area contributed by atoms with Crippen LogP contribution < -0.4 is 5.73 Å². The van der Waals surface area contributed by atoms with E-state index < -0.39 is 0 Å². The van der Waals surface area contributed by atoms with E-state index in [-0.39, 0.29) is 5.41 Å². The Morgan fingerprint density at radius 1 is 1.10 bits per heavy atom. The van der Waals surface area contributed by atoms with Gasteiger partial charge < -0.3 is 10.8 Å². The molecule has 3 rings (SSSR count). The maximum atomic E-state index is 10.7. The van der Waals surface area contributed by atoms with Gasteiger partial charge >= 0.3 is 0 Å². The van der Waals surface area contributed by atoms with Gasteiger partial charge in [-0.1, -0.05) is 24.4 Å². The molecule has 0 unspecified atom stereocenters. The van der Waals surface area contributed by atoms with Gasteiger partial charge in [0, 0.05) is 17.5 Å². The zero-order chi connectivity index (χ0) is 14.3. The summed E-state index contributed by atoms with van der Waals surface area (Å²) in [5.41, 5.74) is 10.9. The topological polar surface area (TPSA) is 46.2 Å². The molecule has 0 saturated heterocycles. The minimum atomic E-state index is -0.0513. The molecular formula is C17H24ClNO. The molecule has 1 saturated carbocycles. The monoisotopic (exact) mass is 293 g/mol. The maximum Gasteiger partial charge on any atom is 0.138 e. The summed E-state index contributed by atoms with van der Waals surface area (Å²) in [4.78, 5) is 0. The van der Waals surface area contributed by atoms with Gasteiger partial charge in [-0.2, -0.15) is 0 Å². The minimum Gasteiger partial charge on any atom is -0.506 e. The van der Waals surface area contributed by atoms with Gasteiger partial charge in [0.1, 0.15) is 5.75 Å². The van der Waals surface area contributed by atoms with Crippen LogP contribution in [0.5, 0.6) is 5.75 Å². The highest BCUT2D eigenvalue weighted by atomic mass is 35.5. The van der Waals surface area contributed by atoms with Crippen molar-refractivity contribution in [1.29, 1.82) is 0 Å². The molecule has 0 spiro atoms. The molecule has 2 aliphatic carbocycles. The molecular weight excluding hydrogens is 270 g/mol. The summed E-state index contributed by atoms with van der Waals surface area (Å²) in [6.45, 7) is 2.77. The van der Waals surface area contributed by atoms with Crippen molar-refractivity contribution in [2.45, 2.75) is 63.7 Å². The van der Waals surface area contributed by atoms with E-state index in [0.29, 0.717) is 17.3 Å². The van der Waals surface area contributed by atoms with Crippen molar-refractivity contribution in [2.75, 3.05) is 6.54 Å². The predicted octanol–water partition coefficient (Wildman–Crippen LogP) is 4.00. The van der Waals surface area contributed by atoms with Crippen molar-refractivity contribution in [2.24, 2.45) is 5.73 Å². The van der Waals surface area contributed by atoms with E-state index in [2.05, 4.69) is 6.92 Å². The van der Waals surface area contributed by atoms with Crippen molar-refractivity contribution in [3.8, 4) is 5.75 Å². The van der Waals surface area contributed by atoms with Crippen molar-refractivity contribution < 1.29 is 5.11 Å². The molecule has 0 radical (unpaired) electrons. The second-order valence-electron chi connectivity index (χ2n) is 6.52. The van der Waals surface area contributed by atoms with Gasteiger partial charge in [-0.25, -0.2) is 0 Å². The Bertz CT molecular complexity index is 533. The second kappa shape index (κ2) is 5.23. The number of rotatable bonds is 2. The van der Waals surface area contributed by atoms with Crippen LogP contribution in [0, 0.1) is 6.92 Å². The Kier molecular flexibility index (Phi) is 3.72. The predicted molar refractivity (Wildman–Crippen MR) is 83.7 cm³/mol. The van der Waals surface area contributed by atoms with Gasteiger partial charge in [-0.3, -0.25) is 0 Å². The number of benzene rings is 1. The van der Waals surface area contributed by atoms with Gasteiger partial charge in [0.25, 0.3) is 0 Å². The summed E-state index contributed by atoms with van der Waals surface area (Å²) in [5.74, 6) is 0.317. The first-order valence-corrected chi connectivity index (χ1v) is 8.22. The maximum absolute atomic E-state index is 10.7. The van der Waals surface area contributed by atoms with Crippen molar-refractivity contribution in [1.82, 2.24) is 0 Å². The normalized spacial score (nSPS) is 20.9. The number of hydrogen-bond donors (Lipinski definition) is 2. The van der Waals surface area contributed by atoms with E-state index in [1.165, 1.54) is 42.4 Å². The van der Waals surface area contributed by atoms with Gasteiger partial charge in [0.05, 0.1) is 5.02 Å². The van der Waals surface area contributed by atoms with E-state index in [1.54, 1.807) is 0 Å². The summed E-state index contributed by atoms with van der Waals surface area (Å²) >= 11 is 6.49. The molecule has 0 aliphatic heterocycles. The molecule has 1 aromatic rings. The summed E-state index contributed by atoms with van der Waals surface area (Å²) < 4.78 is 0. The highest BCUT2D eigenvalue weighted by molar-refractivity contribution is 6.33. The van der Waals surface area contributed by atoms with Crippen LogP contribution >= 0.6 is 11.6 Å². The fraction of sp³-hybridized carbons (Fsp3) is 0.647. The zero-order valence-corrected chi connectivity index (χ0v) is 13.0. The Balaban J connectivity index is 2.23. The second-order valence-corrected chi connectivity index (χ2v) is 6.90. The fourth-order valence-electron chi connectivity index (χ4n) is 4.40. The zero-order valence-electron chi connectivity index (χ0n) is 12.3. The SMILES string of the molecule is Cc1c2c(c(Cl)c(O)c1C1(CN)CCCC1)CCCC2. The van der Waals surface area contributed by atoms with Crippen LogP contribution in [0.1, 0.15) is 60.8 Å². The first-order valence-electron chi connectivity index (χ1n) is 7.84. The quantitative estimate of drug-likeness (QED) is 0.865. The van der Waals surface area contributed by atoms with Gasteiger partial charge in [-0.05, 0) is 62.1 Å². The number of aromatic hydroxyl groups is 1. The number of phenols is 1. The molecule has 2 aliphatic rings. The number of phenolic OH excluding ortho intramolecular Hbond substituents is 1. The van der Waals surface area contributed by atoms with E-state index in [1.807, 2.05) is 0 Å². The standard InChI is InChI=1S/C17H24ClNO/c1-11-12-6-2-3-7-13(12)15(18)16(20)14(11)17(10-19)8-4-5-9-17/h20H,2-10,19H2,1H3. The van der Waals surface area contributed by atoms with Crippen LogP contribution in [0.15, 0.2) is 0 Å². The van der Waals surface area contributed by atoms with Gasteiger partial charge in [0.2, 0.25) is 0 Å². The van der Waals surface area contributed by atoms with E-state index >= 15 is 0 Å². The third-order valence-corrected chi connectivity index (χ3v) is 5.89. The van der Waals surface area contributed by atoms with E-state index in [4.69, 9.17) is 17.3 Å². The largest absolute Gasteiger partial charge is 0.506 e. The van der Waals surface area contributed by atoms with Crippen LogP contribution in [-0.2, 0) is 18.3 Å². The van der Waals surface area contributed by atoms with Crippen LogP contribution in [0.4, 0.5) is 0 Å².